The SMILES string of the molecule is CC(C)(C)c1cc(O)ccc1CCCS. The van der Waals surface area contributed by atoms with Crippen LogP contribution in [0.2, 0.25) is 0 Å². The minimum absolute atomic E-state index is 0.0880. The van der Waals surface area contributed by atoms with Gasteiger partial charge in [0, 0.05) is 0 Å². The van der Waals surface area contributed by atoms with Gasteiger partial charge in [0.05, 0.1) is 0 Å². The van der Waals surface area contributed by atoms with E-state index in [4.69, 9.17) is 0 Å². The Morgan fingerprint density at radius 2 is 1.93 bits per heavy atom. The summed E-state index contributed by atoms with van der Waals surface area (Å²) in [6.45, 7) is 6.52. The minimum atomic E-state index is 0.0880. The summed E-state index contributed by atoms with van der Waals surface area (Å²) in [5, 5.41) is 9.51. The van der Waals surface area contributed by atoms with Crippen molar-refractivity contribution >= 4 is 12.6 Å². The molecule has 0 aliphatic carbocycles. The molecule has 2 heteroatoms. The quantitative estimate of drug-likeness (QED) is 0.752. The van der Waals surface area contributed by atoms with E-state index < -0.39 is 0 Å². The highest BCUT2D eigenvalue weighted by molar-refractivity contribution is 7.80. The summed E-state index contributed by atoms with van der Waals surface area (Å²) < 4.78 is 0. The molecule has 0 saturated carbocycles. The lowest BCUT2D eigenvalue weighted by Gasteiger charge is -2.23. The Kier molecular flexibility index (Phi) is 4.09. The Bertz CT molecular complexity index is 326. The fourth-order valence-electron chi connectivity index (χ4n) is 1.75. The Morgan fingerprint density at radius 3 is 2.47 bits per heavy atom. The van der Waals surface area contributed by atoms with E-state index in [0.717, 1.165) is 18.6 Å². The number of hydrogen-bond donors (Lipinski definition) is 2. The van der Waals surface area contributed by atoms with Gasteiger partial charge >= 0.3 is 0 Å². The van der Waals surface area contributed by atoms with Crippen molar-refractivity contribution in [3.8, 4) is 5.75 Å². The number of phenolic OH excluding ortho intramolecular Hbond substituents is 1. The molecule has 15 heavy (non-hydrogen) atoms. The van der Waals surface area contributed by atoms with Gasteiger partial charge in [-0.2, -0.15) is 12.6 Å². The fourth-order valence-corrected chi connectivity index (χ4v) is 1.91. The first kappa shape index (κ1) is 12.4. The molecular weight excluding hydrogens is 204 g/mol. The van der Waals surface area contributed by atoms with Crippen molar-refractivity contribution in [2.75, 3.05) is 5.75 Å². The minimum Gasteiger partial charge on any atom is -0.508 e. The molecule has 1 aromatic rings. The second kappa shape index (κ2) is 4.93. The second-order valence-electron chi connectivity index (χ2n) is 4.92. The Balaban J connectivity index is 3.04. The van der Waals surface area contributed by atoms with Crippen molar-refractivity contribution in [1.82, 2.24) is 0 Å². The van der Waals surface area contributed by atoms with Gasteiger partial charge in [0.25, 0.3) is 0 Å². The molecule has 0 fully saturated rings. The summed E-state index contributed by atoms with van der Waals surface area (Å²) in [6.07, 6.45) is 2.12. The summed E-state index contributed by atoms with van der Waals surface area (Å²) in [6, 6.07) is 5.68. The smallest absolute Gasteiger partial charge is 0.115 e. The summed E-state index contributed by atoms with van der Waals surface area (Å²) in [5.41, 5.74) is 2.66. The highest BCUT2D eigenvalue weighted by Crippen LogP contribution is 2.29. The molecule has 0 radical (unpaired) electrons. The number of benzene rings is 1. The van der Waals surface area contributed by atoms with Crippen molar-refractivity contribution < 1.29 is 5.11 Å². The molecule has 84 valence electrons. The van der Waals surface area contributed by atoms with Crippen molar-refractivity contribution in [1.29, 1.82) is 0 Å². The summed E-state index contributed by atoms with van der Waals surface area (Å²) >= 11 is 4.23. The van der Waals surface area contributed by atoms with Crippen molar-refractivity contribution in [2.24, 2.45) is 0 Å². The first-order valence-corrected chi connectivity index (χ1v) is 6.01. The largest absolute Gasteiger partial charge is 0.508 e. The highest BCUT2D eigenvalue weighted by atomic mass is 32.1. The Hall–Kier alpha value is -0.630. The zero-order valence-corrected chi connectivity index (χ0v) is 10.6. The van der Waals surface area contributed by atoms with E-state index in [0.29, 0.717) is 5.75 Å². The summed E-state index contributed by atoms with van der Waals surface area (Å²) in [4.78, 5) is 0. The maximum Gasteiger partial charge on any atom is 0.115 e. The second-order valence-corrected chi connectivity index (χ2v) is 5.37. The van der Waals surface area contributed by atoms with Gasteiger partial charge in [0.1, 0.15) is 5.75 Å². The lowest BCUT2D eigenvalue weighted by atomic mass is 9.82. The van der Waals surface area contributed by atoms with Crippen LogP contribution in [0.1, 0.15) is 38.3 Å². The van der Waals surface area contributed by atoms with E-state index >= 15 is 0 Å². The predicted octanol–water partition coefficient (Wildman–Crippen LogP) is 3.55. The predicted molar refractivity (Wildman–Crippen MR) is 69.0 cm³/mol. The molecular formula is C13H20OS. The molecule has 0 saturated heterocycles. The Morgan fingerprint density at radius 1 is 1.27 bits per heavy atom. The normalized spacial score (nSPS) is 11.7. The zero-order chi connectivity index (χ0) is 11.5. The molecule has 0 aromatic heterocycles. The number of thiol groups is 1. The maximum atomic E-state index is 9.51. The molecule has 1 rings (SSSR count). The first-order valence-electron chi connectivity index (χ1n) is 5.38. The first-order chi connectivity index (χ1) is 6.95. The van der Waals surface area contributed by atoms with Crippen LogP contribution in [0.4, 0.5) is 0 Å². The lowest BCUT2D eigenvalue weighted by molar-refractivity contribution is 0.470. The maximum absolute atomic E-state index is 9.51. The summed E-state index contributed by atoms with van der Waals surface area (Å²) in [7, 11) is 0. The molecule has 0 bridgehead atoms. The molecule has 0 spiro atoms. The van der Waals surface area contributed by atoms with E-state index in [2.05, 4.69) is 33.4 Å². The molecule has 0 amide bonds. The number of phenols is 1. The van der Waals surface area contributed by atoms with Crippen LogP contribution < -0.4 is 0 Å². The van der Waals surface area contributed by atoms with Gasteiger partial charge in [0.15, 0.2) is 0 Å². The number of hydrogen-bond acceptors (Lipinski definition) is 2. The van der Waals surface area contributed by atoms with Crippen molar-refractivity contribution in [3.63, 3.8) is 0 Å². The zero-order valence-electron chi connectivity index (χ0n) is 9.75. The average Bonchev–Trinajstić information content (AvgIpc) is 2.14. The third-order valence-corrected chi connectivity index (χ3v) is 2.82. The molecule has 0 aliphatic rings. The molecule has 1 N–H and O–H groups in total. The molecule has 0 heterocycles. The third kappa shape index (κ3) is 3.45. The van der Waals surface area contributed by atoms with Crippen molar-refractivity contribution in [3.05, 3.63) is 29.3 Å². The van der Waals surface area contributed by atoms with Crippen LogP contribution in [-0.2, 0) is 11.8 Å². The topological polar surface area (TPSA) is 20.2 Å². The van der Waals surface area contributed by atoms with E-state index in [1.165, 1.54) is 11.1 Å². The number of rotatable bonds is 3. The van der Waals surface area contributed by atoms with Gasteiger partial charge in [-0.25, -0.2) is 0 Å². The van der Waals surface area contributed by atoms with Crippen LogP contribution in [0.3, 0.4) is 0 Å². The fraction of sp³-hybridized carbons (Fsp3) is 0.538. The molecule has 0 atom stereocenters. The van der Waals surface area contributed by atoms with Gasteiger partial charge in [0.2, 0.25) is 0 Å². The number of aryl methyl sites for hydroxylation is 1. The van der Waals surface area contributed by atoms with Gasteiger partial charge in [-0.05, 0) is 47.3 Å². The summed E-state index contributed by atoms with van der Waals surface area (Å²) in [5.74, 6) is 1.26. The van der Waals surface area contributed by atoms with E-state index in [-0.39, 0.29) is 5.41 Å². The van der Waals surface area contributed by atoms with Gasteiger partial charge in [-0.15, -0.1) is 0 Å². The van der Waals surface area contributed by atoms with Crippen LogP contribution in [0.25, 0.3) is 0 Å². The Labute approximate surface area is 97.9 Å². The van der Waals surface area contributed by atoms with Gasteiger partial charge < -0.3 is 5.11 Å². The van der Waals surface area contributed by atoms with Gasteiger partial charge in [-0.1, -0.05) is 26.8 Å². The third-order valence-electron chi connectivity index (χ3n) is 2.51. The number of aromatic hydroxyl groups is 1. The lowest BCUT2D eigenvalue weighted by Crippen LogP contribution is -2.14. The molecule has 1 aromatic carbocycles. The van der Waals surface area contributed by atoms with Crippen LogP contribution in [0.15, 0.2) is 18.2 Å². The van der Waals surface area contributed by atoms with E-state index in [1.807, 2.05) is 12.1 Å². The molecule has 1 nitrogen and oxygen atoms in total. The highest BCUT2D eigenvalue weighted by Gasteiger charge is 2.17. The molecule has 0 aliphatic heterocycles. The van der Waals surface area contributed by atoms with E-state index in [1.54, 1.807) is 6.07 Å². The molecule has 0 unspecified atom stereocenters. The van der Waals surface area contributed by atoms with Crippen LogP contribution >= 0.6 is 12.6 Å². The van der Waals surface area contributed by atoms with E-state index in [9.17, 15) is 5.11 Å². The van der Waals surface area contributed by atoms with Crippen LogP contribution in [-0.4, -0.2) is 10.9 Å². The van der Waals surface area contributed by atoms with Crippen LogP contribution in [0.5, 0.6) is 5.75 Å². The average molecular weight is 224 g/mol. The van der Waals surface area contributed by atoms with Crippen molar-refractivity contribution in [2.45, 2.75) is 39.0 Å². The monoisotopic (exact) mass is 224 g/mol. The van der Waals surface area contributed by atoms with Crippen LogP contribution in [0, 0.1) is 0 Å². The standard InChI is InChI=1S/C13H20OS/c1-13(2,3)12-9-11(14)7-6-10(12)5-4-8-15/h6-7,9,14-15H,4-5,8H2,1-3H3. The van der Waals surface area contributed by atoms with Gasteiger partial charge in [-0.3, -0.25) is 0 Å².